The molecular weight excluding hydrogens is 418 g/mol. The fourth-order valence-electron chi connectivity index (χ4n) is 4.29. The van der Waals surface area contributed by atoms with Gasteiger partial charge in [-0.25, -0.2) is 0 Å². The van der Waals surface area contributed by atoms with E-state index in [1.54, 1.807) is 6.08 Å². The van der Waals surface area contributed by atoms with Crippen LogP contribution in [0, 0.1) is 0 Å². The van der Waals surface area contributed by atoms with E-state index < -0.39 is 5.78 Å². The van der Waals surface area contributed by atoms with Crippen LogP contribution in [0.1, 0.15) is 29.8 Å². The van der Waals surface area contributed by atoms with Gasteiger partial charge < -0.3 is 24.3 Å². The van der Waals surface area contributed by atoms with Crippen molar-refractivity contribution >= 4 is 22.8 Å². The third-order valence-electron chi connectivity index (χ3n) is 5.66. The maximum atomic E-state index is 13.0. The Morgan fingerprint density at radius 2 is 1.76 bits per heavy atom. The number of benzene rings is 3. The molecule has 0 radical (unpaired) electrons. The predicted molar refractivity (Wildman–Crippen MR) is 127 cm³/mol. The van der Waals surface area contributed by atoms with E-state index in [2.05, 4.69) is 4.57 Å². The molecule has 0 saturated carbocycles. The van der Waals surface area contributed by atoms with Crippen LogP contribution < -0.4 is 9.47 Å². The number of fused-ring (bicyclic) bond motifs is 2. The Hall–Kier alpha value is -4.19. The van der Waals surface area contributed by atoms with Gasteiger partial charge in [-0.2, -0.15) is 0 Å². The second-order valence-corrected chi connectivity index (χ2v) is 8.31. The maximum Gasteiger partial charge on any atom is 0.235 e. The van der Waals surface area contributed by atoms with Crippen LogP contribution >= 0.6 is 0 Å². The number of aryl methyl sites for hydroxylation is 1. The smallest absolute Gasteiger partial charge is 0.235 e. The number of phenols is 2. The zero-order valence-electron chi connectivity index (χ0n) is 18.5. The molecule has 5 rings (SSSR count). The second kappa shape index (κ2) is 7.74. The van der Waals surface area contributed by atoms with E-state index in [4.69, 9.17) is 9.47 Å². The van der Waals surface area contributed by atoms with E-state index in [0.717, 1.165) is 39.5 Å². The molecule has 6 heteroatoms. The van der Waals surface area contributed by atoms with Crippen molar-refractivity contribution in [3.05, 3.63) is 77.5 Å². The van der Waals surface area contributed by atoms with Gasteiger partial charge in [-0.1, -0.05) is 18.2 Å². The van der Waals surface area contributed by atoms with Crippen LogP contribution in [0.15, 0.2) is 66.4 Å². The lowest BCUT2D eigenvalue weighted by atomic mass is 10.0. The number of nitrogens with zero attached hydrogens (tertiary/aromatic N) is 1. The zero-order valence-corrected chi connectivity index (χ0v) is 18.5. The molecule has 0 bridgehead atoms. The molecule has 0 spiro atoms. The number of para-hydroxylation sites is 1. The van der Waals surface area contributed by atoms with Crippen LogP contribution in [0.5, 0.6) is 23.0 Å². The van der Waals surface area contributed by atoms with Crippen LogP contribution in [0.3, 0.4) is 0 Å². The Morgan fingerprint density at radius 1 is 1.03 bits per heavy atom. The third-order valence-corrected chi connectivity index (χ3v) is 5.66. The van der Waals surface area contributed by atoms with Gasteiger partial charge in [0.1, 0.15) is 28.6 Å². The van der Waals surface area contributed by atoms with Crippen LogP contribution in [0.2, 0.25) is 0 Å². The topological polar surface area (TPSA) is 80.9 Å². The van der Waals surface area contributed by atoms with Crippen molar-refractivity contribution in [2.45, 2.75) is 20.0 Å². The molecule has 0 unspecified atom stereocenters. The molecule has 1 aromatic heterocycles. The number of hydrogen-bond donors (Lipinski definition) is 2. The number of Topliss-reactive ketones (excluding diaryl/α,β-unsaturated/α-hetero) is 1. The molecule has 6 nitrogen and oxygen atoms in total. The van der Waals surface area contributed by atoms with Gasteiger partial charge >= 0.3 is 0 Å². The molecule has 4 aromatic rings. The van der Waals surface area contributed by atoms with Crippen LogP contribution in [0.25, 0.3) is 28.2 Å². The molecule has 0 atom stereocenters. The van der Waals surface area contributed by atoms with Gasteiger partial charge in [-0.3, -0.25) is 4.79 Å². The van der Waals surface area contributed by atoms with E-state index in [1.165, 1.54) is 6.07 Å². The number of allylic oxidation sites excluding steroid dienone is 1. The highest BCUT2D eigenvalue weighted by molar-refractivity contribution is 6.17. The molecular formula is C27H23NO5. The molecule has 166 valence electrons. The number of carbonyl (C=O) groups excluding carboxylic acids is 1. The number of ether oxygens (including phenoxy) is 2. The number of carbonyl (C=O) groups is 1. The highest BCUT2D eigenvalue weighted by Crippen LogP contribution is 2.42. The average molecular weight is 441 g/mol. The summed E-state index contributed by atoms with van der Waals surface area (Å²) >= 11 is 0. The first-order valence-corrected chi connectivity index (χ1v) is 10.7. The van der Waals surface area contributed by atoms with Crippen molar-refractivity contribution in [1.29, 1.82) is 0 Å². The minimum atomic E-state index is -0.429. The number of aromatic nitrogens is 1. The van der Waals surface area contributed by atoms with Gasteiger partial charge in [0.2, 0.25) is 5.78 Å². The van der Waals surface area contributed by atoms with E-state index in [-0.39, 0.29) is 34.7 Å². The summed E-state index contributed by atoms with van der Waals surface area (Å²) in [6.45, 7) is 3.96. The van der Waals surface area contributed by atoms with Gasteiger partial charge in [0, 0.05) is 35.6 Å². The molecule has 0 amide bonds. The lowest BCUT2D eigenvalue weighted by molar-refractivity contribution is 0.101. The molecule has 33 heavy (non-hydrogen) atoms. The Bertz CT molecular complexity index is 1430. The SMILES string of the molecule is CC(C)Oc1ccc(-c2c(C=C3Oc4cc(O)cc(O)c4C3=O)c3ccccc3n2C)cc1. The van der Waals surface area contributed by atoms with E-state index >= 15 is 0 Å². The first kappa shape index (κ1) is 20.7. The van der Waals surface area contributed by atoms with Gasteiger partial charge in [0.05, 0.1) is 11.8 Å². The lowest BCUT2D eigenvalue weighted by Gasteiger charge is -2.11. The Morgan fingerprint density at radius 3 is 2.48 bits per heavy atom. The number of phenolic OH excluding ortho intramolecular Hbond substituents is 2. The highest BCUT2D eigenvalue weighted by atomic mass is 16.5. The van der Waals surface area contributed by atoms with Gasteiger partial charge in [-0.15, -0.1) is 0 Å². The summed E-state index contributed by atoms with van der Waals surface area (Å²) in [5.41, 5.74) is 3.76. The first-order valence-electron chi connectivity index (χ1n) is 10.7. The van der Waals surface area contributed by atoms with E-state index in [0.29, 0.717) is 0 Å². The van der Waals surface area contributed by atoms with Crippen molar-refractivity contribution in [3.63, 3.8) is 0 Å². The second-order valence-electron chi connectivity index (χ2n) is 8.31. The van der Waals surface area contributed by atoms with Gasteiger partial charge in [-0.05, 0) is 55.8 Å². The minimum absolute atomic E-state index is 0.0519. The maximum absolute atomic E-state index is 13.0. The summed E-state index contributed by atoms with van der Waals surface area (Å²) in [5, 5.41) is 20.9. The van der Waals surface area contributed by atoms with Crippen LogP contribution in [0.4, 0.5) is 0 Å². The lowest BCUT2D eigenvalue weighted by Crippen LogP contribution is -2.05. The Labute approximate surface area is 190 Å². The van der Waals surface area contributed by atoms with E-state index in [9.17, 15) is 15.0 Å². The van der Waals surface area contributed by atoms with Crippen molar-refractivity contribution in [3.8, 4) is 34.3 Å². The monoisotopic (exact) mass is 441 g/mol. The summed E-state index contributed by atoms with van der Waals surface area (Å²) in [6.07, 6.45) is 1.78. The Balaban J connectivity index is 1.66. The fourth-order valence-corrected chi connectivity index (χ4v) is 4.29. The highest BCUT2D eigenvalue weighted by Gasteiger charge is 2.32. The number of rotatable bonds is 4. The molecule has 1 aliphatic rings. The molecule has 2 heterocycles. The molecule has 0 saturated heterocycles. The average Bonchev–Trinajstić information content (AvgIpc) is 3.23. The van der Waals surface area contributed by atoms with Crippen molar-refractivity contribution in [1.82, 2.24) is 4.57 Å². The minimum Gasteiger partial charge on any atom is -0.508 e. The summed E-state index contributed by atoms with van der Waals surface area (Å²) < 4.78 is 13.6. The van der Waals surface area contributed by atoms with Crippen molar-refractivity contribution in [2.75, 3.05) is 0 Å². The molecule has 2 N–H and O–H groups in total. The van der Waals surface area contributed by atoms with E-state index in [1.807, 2.05) is 69.4 Å². The van der Waals surface area contributed by atoms with Crippen LogP contribution in [-0.2, 0) is 7.05 Å². The predicted octanol–water partition coefficient (Wildman–Crippen LogP) is 5.66. The molecule has 0 aliphatic carbocycles. The first-order chi connectivity index (χ1) is 15.8. The van der Waals surface area contributed by atoms with Crippen LogP contribution in [-0.4, -0.2) is 26.7 Å². The van der Waals surface area contributed by atoms with Gasteiger partial charge in [0.15, 0.2) is 5.76 Å². The summed E-state index contributed by atoms with van der Waals surface area (Å²) in [5.74, 6) is 0.102. The summed E-state index contributed by atoms with van der Waals surface area (Å²) in [6, 6.07) is 18.2. The fraction of sp³-hybridized carbons (Fsp3) is 0.148. The Kier molecular flexibility index (Phi) is 4.86. The number of aromatic hydroxyl groups is 2. The summed E-state index contributed by atoms with van der Waals surface area (Å²) in [4.78, 5) is 13.0. The molecule has 0 fully saturated rings. The normalized spacial score (nSPS) is 14.2. The number of ketones is 1. The standard InChI is InChI=1S/C27H23NO5/c1-15(2)32-18-10-8-16(9-11-18)26-20(19-6-4-5-7-21(19)28(26)3)14-24-27(31)25-22(30)12-17(29)13-23(25)33-24/h4-15,29-30H,1-3H3. The molecule has 1 aliphatic heterocycles. The largest absolute Gasteiger partial charge is 0.508 e. The van der Waals surface area contributed by atoms with Gasteiger partial charge in [0.25, 0.3) is 0 Å². The molecule has 3 aromatic carbocycles. The third kappa shape index (κ3) is 3.49. The quantitative estimate of drug-likeness (QED) is 0.400. The zero-order chi connectivity index (χ0) is 23.3. The number of hydrogen-bond acceptors (Lipinski definition) is 5. The van der Waals surface area contributed by atoms with Crippen molar-refractivity contribution < 1.29 is 24.5 Å². The summed E-state index contributed by atoms with van der Waals surface area (Å²) in [7, 11) is 1.98. The van der Waals surface area contributed by atoms with Crippen molar-refractivity contribution in [2.24, 2.45) is 7.05 Å².